The molecule has 0 aromatic heterocycles. The van der Waals surface area contributed by atoms with Gasteiger partial charge in [-0.3, -0.25) is 0 Å². The highest BCUT2D eigenvalue weighted by molar-refractivity contribution is 5.03. The molecule has 6 unspecified atom stereocenters. The predicted octanol–water partition coefficient (Wildman–Crippen LogP) is 5.67. The van der Waals surface area contributed by atoms with Gasteiger partial charge in [0.1, 0.15) is 0 Å². The summed E-state index contributed by atoms with van der Waals surface area (Å²) >= 11 is 0. The fraction of sp³-hybridized carbons (Fsp3) is 1.00. The lowest BCUT2D eigenvalue weighted by Gasteiger charge is -2.59. The average Bonchev–Trinajstić information content (AvgIpc) is 2.23. The molecule has 3 aliphatic carbocycles. The largest absolute Gasteiger partial charge is 0.0625 e. The number of rotatable bonds is 0. The van der Waals surface area contributed by atoms with Crippen molar-refractivity contribution in [2.75, 3.05) is 0 Å². The molecule has 6 atom stereocenters. The van der Waals surface area contributed by atoms with Gasteiger partial charge in [-0.25, -0.2) is 0 Å². The molecule has 0 aliphatic heterocycles. The minimum absolute atomic E-state index is 0.681. The third kappa shape index (κ3) is 2.04. The first-order valence-electron chi connectivity index (χ1n) is 8.41. The van der Waals surface area contributed by atoms with Crippen molar-refractivity contribution in [2.24, 2.45) is 34.5 Å². The first-order valence-corrected chi connectivity index (χ1v) is 8.41. The van der Waals surface area contributed by atoms with Gasteiger partial charge in [-0.1, -0.05) is 40.5 Å². The second kappa shape index (κ2) is 4.25. The molecule has 0 amide bonds. The molecule has 104 valence electrons. The van der Waals surface area contributed by atoms with E-state index < -0.39 is 0 Å². The van der Waals surface area contributed by atoms with Crippen molar-refractivity contribution in [3.8, 4) is 0 Å². The van der Waals surface area contributed by atoms with Crippen LogP contribution in [0, 0.1) is 34.5 Å². The quantitative estimate of drug-likeness (QED) is 0.518. The van der Waals surface area contributed by atoms with Crippen molar-refractivity contribution in [3.63, 3.8) is 0 Å². The van der Waals surface area contributed by atoms with E-state index in [-0.39, 0.29) is 0 Å². The van der Waals surface area contributed by atoms with E-state index in [1.807, 2.05) is 0 Å². The third-order valence-corrected chi connectivity index (χ3v) is 6.99. The Morgan fingerprint density at radius 2 is 1.17 bits per heavy atom. The van der Waals surface area contributed by atoms with Gasteiger partial charge in [0.25, 0.3) is 0 Å². The molecule has 3 rings (SSSR count). The van der Waals surface area contributed by atoms with Gasteiger partial charge in [0.05, 0.1) is 0 Å². The Morgan fingerprint density at radius 1 is 0.722 bits per heavy atom. The summed E-state index contributed by atoms with van der Waals surface area (Å²) in [6.07, 6.45) is 12.2. The van der Waals surface area contributed by atoms with Crippen molar-refractivity contribution >= 4 is 0 Å². The summed E-state index contributed by atoms with van der Waals surface area (Å²) in [6, 6.07) is 0. The maximum atomic E-state index is 2.63. The minimum atomic E-state index is 0.681. The third-order valence-electron chi connectivity index (χ3n) is 6.99. The molecule has 3 saturated carbocycles. The minimum Gasteiger partial charge on any atom is -0.0625 e. The van der Waals surface area contributed by atoms with Crippen LogP contribution in [0.4, 0.5) is 0 Å². The van der Waals surface area contributed by atoms with Crippen LogP contribution in [0.15, 0.2) is 0 Å². The SMILES string of the molecule is CC1CCC2CC3CCC(C)CC3(C)CC2(C)C1. The molecule has 0 radical (unpaired) electrons. The molecule has 0 aromatic rings. The molecule has 3 fully saturated rings. The van der Waals surface area contributed by atoms with E-state index >= 15 is 0 Å². The molecule has 0 nitrogen and oxygen atoms in total. The number of hydrogen-bond acceptors (Lipinski definition) is 0. The van der Waals surface area contributed by atoms with E-state index in [2.05, 4.69) is 27.7 Å². The van der Waals surface area contributed by atoms with Gasteiger partial charge in [-0.05, 0) is 73.0 Å². The maximum absolute atomic E-state index is 2.63. The zero-order valence-electron chi connectivity index (χ0n) is 13.0. The summed E-state index contributed by atoms with van der Waals surface area (Å²) < 4.78 is 0. The molecule has 0 heterocycles. The topological polar surface area (TPSA) is 0 Å². The summed E-state index contributed by atoms with van der Waals surface area (Å²) in [5, 5.41) is 0. The maximum Gasteiger partial charge on any atom is -0.0290 e. The smallest absolute Gasteiger partial charge is 0.0290 e. The molecular weight excluding hydrogens is 216 g/mol. The summed E-state index contributed by atoms with van der Waals surface area (Å²) in [6.45, 7) is 10.2. The van der Waals surface area contributed by atoms with Gasteiger partial charge >= 0.3 is 0 Å². The zero-order chi connectivity index (χ0) is 13.0. The summed E-state index contributed by atoms with van der Waals surface area (Å²) in [5.41, 5.74) is 1.36. The van der Waals surface area contributed by atoms with Crippen molar-refractivity contribution in [3.05, 3.63) is 0 Å². The molecule has 0 bridgehead atoms. The van der Waals surface area contributed by atoms with E-state index in [0.29, 0.717) is 10.8 Å². The zero-order valence-corrected chi connectivity index (χ0v) is 13.0. The highest BCUT2D eigenvalue weighted by Gasteiger charge is 2.52. The van der Waals surface area contributed by atoms with Gasteiger partial charge < -0.3 is 0 Å². The van der Waals surface area contributed by atoms with Gasteiger partial charge in [0.15, 0.2) is 0 Å². The van der Waals surface area contributed by atoms with Crippen molar-refractivity contribution in [1.29, 1.82) is 0 Å². The Balaban J connectivity index is 1.83. The van der Waals surface area contributed by atoms with Crippen LogP contribution in [0.1, 0.15) is 79.1 Å². The van der Waals surface area contributed by atoms with E-state index in [4.69, 9.17) is 0 Å². The highest BCUT2D eigenvalue weighted by Crippen LogP contribution is 2.63. The molecule has 0 N–H and O–H groups in total. The lowest BCUT2D eigenvalue weighted by atomic mass is 9.46. The van der Waals surface area contributed by atoms with E-state index in [1.165, 1.54) is 44.9 Å². The van der Waals surface area contributed by atoms with Gasteiger partial charge in [-0.2, -0.15) is 0 Å². The first-order chi connectivity index (χ1) is 8.41. The Bertz CT molecular complexity index is 290. The van der Waals surface area contributed by atoms with Gasteiger partial charge in [-0.15, -0.1) is 0 Å². The molecule has 0 saturated heterocycles. The van der Waals surface area contributed by atoms with Gasteiger partial charge in [0, 0.05) is 0 Å². The lowest BCUT2D eigenvalue weighted by Crippen LogP contribution is -2.49. The number of hydrogen-bond donors (Lipinski definition) is 0. The standard InChI is InChI=1S/C18H32/c1-13-5-7-15-9-16-8-6-14(2)11-18(16,4)12-17(15,3)10-13/h13-16H,5-12H2,1-4H3. The lowest BCUT2D eigenvalue weighted by molar-refractivity contribution is -0.0889. The molecule has 0 aromatic carbocycles. The molecular formula is C18H32. The van der Waals surface area contributed by atoms with Crippen LogP contribution in [-0.2, 0) is 0 Å². The normalized spacial score (nSPS) is 56.7. The predicted molar refractivity (Wildman–Crippen MR) is 78.5 cm³/mol. The van der Waals surface area contributed by atoms with Crippen LogP contribution in [0.25, 0.3) is 0 Å². The van der Waals surface area contributed by atoms with Crippen LogP contribution >= 0.6 is 0 Å². The van der Waals surface area contributed by atoms with E-state index in [0.717, 1.165) is 23.7 Å². The van der Waals surface area contributed by atoms with Crippen LogP contribution in [0.2, 0.25) is 0 Å². The fourth-order valence-electron chi connectivity index (χ4n) is 6.30. The molecule has 3 aliphatic rings. The van der Waals surface area contributed by atoms with Crippen LogP contribution < -0.4 is 0 Å². The van der Waals surface area contributed by atoms with Crippen LogP contribution in [0.3, 0.4) is 0 Å². The van der Waals surface area contributed by atoms with Crippen molar-refractivity contribution in [2.45, 2.75) is 79.1 Å². The van der Waals surface area contributed by atoms with E-state index in [9.17, 15) is 0 Å². The summed E-state index contributed by atoms with van der Waals surface area (Å²) in [4.78, 5) is 0. The Kier molecular flexibility index (Phi) is 3.07. The molecule has 0 heteroatoms. The molecule has 18 heavy (non-hydrogen) atoms. The van der Waals surface area contributed by atoms with Crippen LogP contribution in [-0.4, -0.2) is 0 Å². The number of fused-ring (bicyclic) bond motifs is 2. The molecule has 0 spiro atoms. The van der Waals surface area contributed by atoms with Crippen molar-refractivity contribution in [1.82, 2.24) is 0 Å². The monoisotopic (exact) mass is 248 g/mol. The van der Waals surface area contributed by atoms with Crippen molar-refractivity contribution < 1.29 is 0 Å². The van der Waals surface area contributed by atoms with Gasteiger partial charge in [0.2, 0.25) is 0 Å². The second-order valence-corrected chi connectivity index (χ2v) is 8.89. The Morgan fingerprint density at radius 3 is 1.61 bits per heavy atom. The Hall–Kier alpha value is 0. The average molecular weight is 248 g/mol. The van der Waals surface area contributed by atoms with E-state index in [1.54, 1.807) is 6.42 Å². The highest BCUT2D eigenvalue weighted by atomic mass is 14.6. The second-order valence-electron chi connectivity index (χ2n) is 8.89. The van der Waals surface area contributed by atoms with Crippen LogP contribution in [0.5, 0.6) is 0 Å². The first kappa shape index (κ1) is 13.0. The summed E-state index contributed by atoms with van der Waals surface area (Å²) in [5.74, 6) is 4.07. The fourth-order valence-corrected chi connectivity index (χ4v) is 6.30. The Labute approximate surface area is 114 Å². The summed E-state index contributed by atoms with van der Waals surface area (Å²) in [7, 11) is 0.